The molecule has 1 saturated heterocycles. The topological polar surface area (TPSA) is 88.3 Å². The van der Waals surface area contributed by atoms with Gasteiger partial charge in [0.1, 0.15) is 5.69 Å². The quantitative estimate of drug-likeness (QED) is 0.876. The molecular formula is C21H26N4O3. The molecule has 1 aliphatic heterocycles. The average molecular weight is 382 g/mol. The fourth-order valence-corrected chi connectivity index (χ4v) is 4.84. The molecule has 1 N–H and O–H groups in total. The van der Waals surface area contributed by atoms with Gasteiger partial charge in [0.25, 0.3) is 11.6 Å². The maximum Gasteiger partial charge on any atom is 0.259 e. The number of nitrogens with one attached hydrogen (secondary N) is 1. The summed E-state index contributed by atoms with van der Waals surface area (Å²) in [5, 5.41) is 7.72. The average Bonchev–Trinajstić information content (AvgIpc) is 3.13. The van der Waals surface area contributed by atoms with Gasteiger partial charge >= 0.3 is 0 Å². The molecular weight excluding hydrogens is 356 g/mol. The lowest BCUT2D eigenvalue weighted by atomic mass is 10.0. The fourth-order valence-electron chi connectivity index (χ4n) is 4.84. The van der Waals surface area contributed by atoms with E-state index in [9.17, 15) is 9.59 Å². The lowest BCUT2D eigenvalue weighted by molar-refractivity contribution is -0.136. The summed E-state index contributed by atoms with van der Waals surface area (Å²) < 4.78 is 5.59. The highest BCUT2D eigenvalue weighted by Gasteiger charge is 2.38. The van der Waals surface area contributed by atoms with Crippen molar-refractivity contribution in [2.24, 2.45) is 5.92 Å². The Labute approximate surface area is 163 Å². The zero-order valence-corrected chi connectivity index (χ0v) is 16.2. The van der Waals surface area contributed by atoms with E-state index in [1.807, 2.05) is 11.0 Å². The molecule has 1 atom stereocenters. The zero-order valence-electron chi connectivity index (χ0n) is 16.2. The van der Waals surface area contributed by atoms with Crippen LogP contribution in [-0.4, -0.2) is 40.4 Å². The SMILES string of the molecule is CNC(=O)c1cc(C2CC2)nc2onc(C3CCCN3C(=O)C3CCCC3)c12. The highest BCUT2D eigenvalue weighted by molar-refractivity contribution is 6.06. The Bertz CT molecular complexity index is 927. The molecule has 0 aromatic carbocycles. The maximum absolute atomic E-state index is 13.1. The Hall–Kier alpha value is -2.44. The summed E-state index contributed by atoms with van der Waals surface area (Å²) in [6.07, 6.45) is 8.22. The highest BCUT2D eigenvalue weighted by atomic mass is 16.5. The van der Waals surface area contributed by atoms with Crippen LogP contribution in [0.25, 0.3) is 11.1 Å². The second-order valence-corrected chi connectivity index (χ2v) is 8.37. The number of carbonyl (C=O) groups is 2. The van der Waals surface area contributed by atoms with Crippen LogP contribution in [0.3, 0.4) is 0 Å². The largest absolute Gasteiger partial charge is 0.355 e. The van der Waals surface area contributed by atoms with Gasteiger partial charge in [0, 0.05) is 31.1 Å². The van der Waals surface area contributed by atoms with E-state index in [0.29, 0.717) is 28.3 Å². The summed E-state index contributed by atoms with van der Waals surface area (Å²) in [5.41, 5.74) is 2.57. The first kappa shape index (κ1) is 17.6. The third-order valence-electron chi connectivity index (χ3n) is 6.52. The number of nitrogens with zero attached hydrogens (tertiary/aromatic N) is 3. The van der Waals surface area contributed by atoms with Crippen molar-refractivity contribution in [2.75, 3.05) is 13.6 Å². The number of rotatable bonds is 4. The van der Waals surface area contributed by atoms with Crippen molar-refractivity contribution >= 4 is 22.9 Å². The number of pyridine rings is 1. The molecule has 7 heteroatoms. The number of carbonyl (C=O) groups excluding carboxylic acids is 2. The molecule has 28 heavy (non-hydrogen) atoms. The molecule has 3 fully saturated rings. The van der Waals surface area contributed by atoms with Gasteiger partial charge in [-0.25, -0.2) is 4.98 Å². The molecule has 1 unspecified atom stereocenters. The minimum absolute atomic E-state index is 0.133. The Morgan fingerprint density at radius 3 is 2.64 bits per heavy atom. The third-order valence-corrected chi connectivity index (χ3v) is 6.52. The van der Waals surface area contributed by atoms with Gasteiger partial charge in [0.2, 0.25) is 5.91 Å². The van der Waals surface area contributed by atoms with E-state index in [1.54, 1.807) is 7.05 Å². The minimum atomic E-state index is -0.162. The molecule has 0 spiro atoms. The number of aromatic nitrogens is 2. The smallest absolute Gasteiger partial charge is 0.259 e. The van der Waals surface area contributed by atoms with Crippen molar-refractivity contribution in [3.05, 3.63) is 23.0 Å². The Morgan fingerprint density at radius 2 is 1.93 bits per heavy atom. The second kappa shape index (κ2) is 6.87. The van der Waals surface area contributed by atoms with Gasteiger partial charge in [-0.2, -0.15) is 0 Å². The van der Waals surface area contributed by atoms with Gasteiger partial charge in [-0.15, -0.1) is 0 Å². The zero-order chi connectivity index (χ0) is 19.3. The monoisotopic (exact) mass is 382 g/mol. The standard InChI is InChI=1S/C21H26N4O3/c1-22-19(26)14-11-15(12-8-9-12)23-20-17(14)18(24-28-20)16-7-4-10-25(16)21(27)13-5-2-3-6-13/h11-13,16H,2-10H2,1H3,(H,22,26). The molecule has 3 heterocycles. The van der Waals surface area contributed by atoms with E-state index in [4.69, 9.17) is 4.52 Å². The van der Waals surface area contributed by atoms with Crippen LogP contribution in [0, 0.1) is 5.92 Å². The van der Waals surface area contributed by atoms with E-state index in [1.165, 1.54) is 0 Å². The molecule has 2 aromatic rings. The Kier molecular flexibility index (Phi) is 4.33. The van der Waals surface area contributed by atoms with Crippen molar-refractivity contribution in [1.29, 1.82) is 0 Å². The van der Waals surface area contributed by atoms with Crippen LogP contribution in [0.1, 0.15) is 85.1 Å². The molecule has 7 nitrogen and oxygen atoms in total. The van der Waals surface area contributed by atoms with Crippen molar-refractivity contribution in [2.45, 2.75) is 63.3 Å². The van der Waals surface area contributed by atoms with E-state index in [-0.39, 0.29) is 23.8 Å². The number of amides is 2. The maximum atomic E-state index is 13.1. The number of hydrogen-bond donors (Lipinski definition) is 1. The number of fused-ring (bicyclic) bond motifs is 1. The van der Waals surface area contributed by atoms with Crippen molar-refractivity contribution in [1.82, 2.24) is 20.4 Å². The van der Waals surface area contributed by atoms with Crippen LogP contribution in [0.5, 0.6) is 0 Å². The predicted octanol–water partition coefficient (Wildman–Crippen LogP) is 3.31. The van der Waals surface area contributed by atoms with E-state index in [2.05, 4.69) is 15.5 Å². The van der Waals surface area contributed by atoms with E-state index < -0.39 is 0 Å². The summed E-state index contributed by atoms with van der Waals surface area (Å²) in [6, 6.07) is 1.75. The van der Waals surface area contributed by atoms with Gasteiger partial charge in [0.15, 0.2) is 0 Å². The molecule has 2 saturated carbocycles. The predicted molar refractivity (Wildman–Crippen MR) is 103 cm³/mol. The van der Waals surface area contributed by atoms with Crippen molar-refractivity contribution in [3.8, 4) is 0 Å². The van der Waals surface area contributed by atoms with Crippen molar-refractivity contribution in [3.63, 3.8) is 0 Å². The normalized spacial score (nSPS) is 22.9. The second-order valence-electron chi connectivity index (χ2n) is 8.37. The molecule has 5 rings (SSSR count). The van der Waals surface area contributed by atoms with Gasteiger partial charge in [-0.05, 0) is 44.6 Å². The van der Waals surface area contributed by atoms with Gasteiger partial charge in [0.05, 0.1) is 17.0 Å². The minimum Gasteiger partial charge on any atom is -0.355 e. The molecule has 2 aromatic heterocycles. The first-order valence-electron chi connectivity index (χ1n) is 10.5. The van der Waals surface area contributed by atoms with Gasteiger partial charge in [-0.3, -0.25) is 9.59 Å². The Balaban J connectivity index is 1.56. The number of likely N-dealkylation sites (tertiary alicyclic amines) is 1. The molecule has 0 bridgehead atoms. The lowest BCUT2D eigenvalue weighted by Gasteiger charge is -2.26. The van der Waals surface area contributed by atoms with Crippen LogP contribution in [-0.2, 0) is 4.79 Å². The van der Waals surface area contributed by atoms with Crippen LogP contribution in [0.15, 0.2) is 10.6 Å². The van der Waals surface area contributed by atoms with Crippen LogP contribution >= 0.6 is 0 Å². The van der Waals surface area contributed by atoms with Crippen LogP contribution < -0.4 is 5.32 Å². The van der Waals surface area contributed by atoms with E-state index in [0.717, 1.165) is 63.6 Å². The summed E-state index contributed by atoms with van der Waals surface area (Å²) in [4.78, 5) is 32.3. The van der Waals surface area contributed by atoms with Gasteiger partial charge < -0.3 is 14.7 Å². The van der Waals surface area contributed by atoms with E-state index >= 15 is 0 Å². The first-order chi connectivity index (χ1) is 13.7. The summed E-state index contributed by atoms with van der Waals surface area (Å²) in [7, 11) is 1.63. The lowest BCUT2D eigenvalue weighted by Crippen LogP contribution is -2.35. The third kappa shape index (κ3) is 2.88. The molecule has 2 aliphatic carbocycles. The molecule has 2 amide bonds. The highest BCUT2D eigenvalue weighted by Crippen LogP contribution is 2.43. The van der Waals surface area contributed by atoms with Crippen LogP contribution in [0.2, 0.25) is 0 Å². The first-order valence-corrected chi connectivity index (χ1v) is 10.5. The van der Waals surface area contributed by atoms with Crippen LogP contribution in [0.4, 0.5) is 0 Å². The molecule has 3 aliphatic rings. The molecule has 148 valence electrons. The van der Waals surface area contributed by atoms with Gasteiger partial charge in [-0.1, -0.05) is 18.0 Å². The summed E-state index contributed by atoms with van der Waals surface area (Å²) >= 11 is 0. The van der Waals surface area contributed by atoms with Crippen molar-refractivity contribution < 1.29 is 14.1 Å². The fraction of sp³-hybridized carbons (Fsp3) is 0.619. The number of hydrogen-bond acceptors (Lipinski definition) is 5. The summed E-state index contributed by atoms with van der Waals surface area (Å²) in [6.45, 7) is 0.747. The summed E-state index contributed by atoms with van der Waals surface area (Å²) in [5.74, 6) is 0.621. The Morgan fingerprint density at radius 1 is 1.14 bits per heavy atom. The molecule has 0 radical (unpaired) electrons.